The molecule has 3 N–H and O–H groups in total. The van der Waals surface area contributed by atoms with E-state index in [0.29, 0.717) is 5.75 Å². The fraction of sp³-hybridized carbons (Fsp3) is 0. The van der Waals surface area contributed by atoms with Gasteiger partial charge in [-0.05, 0) is 36.4 Å². The van der Waals surface area contributed by atoms with Gasteiger partial charge in [-0.15, -0.1) is 0 Å². The molecule has 0 aliphatic carbocycles. The summed E-state index contributed by atoms with van der Waals surface area (Å²) in [5.41, 5.74) is 0. The fourth-order valence-electron chi connectivity index (χ4n) is 0.881. The Balaban J connectivity index is 0.000000267. The molecule has 79 valence electrons. The van der Waals surface area contributed by atoms with Gasteiger partial charge in [0.05, 0.1) is 0 Å². The van der Waals surface area contributed by atoms with Crippen molar-refractivity contribution in [2.24, 2.45) is 0 Å². The Morgan fingerprint density at radius 2 is 0.812 bits per heavy atom. The molecule has 0 unspecified atom stereocenters. The van der Waals surface area contributed by atoms with Crippen LogP contribution in [0.1, 0.15) is 0 Å². The maximum atomic E-state index is 8.65. The summed E-state index contributed by atoms with van der Waals surface area (Å²) in [4.78, 5) is 0. The first kappa shape index (κ1) is 14.8. The zero-order valence-electron chi connectivity index (χ0n) is 9.04. The van der Waals surface area contributed by atoms with E-state index in [1.807, 2.05) is 6.07 Å². The van der Waals surface area contributed by atoms with Gasteiger partial charge in [0.2, 0.25) is 0 Å². The Labute approximate surface area is 116 Å². The van der Waals surface area contributed by atoms with Crippen molar-refractivity contribution in [1.29, 1.82) is 0 Å². The molecule has 0 saturated heterocycles. The van der Waals surface area contributed by atoms with Gasteiger partial charge < -0.3 is 15.3 Å². The van der Waals surface area contributed by atoms with Crippen molar-refractivity contribution >= 4 is 29.6 Å². The van der Waals surface area contributed by atoms with Crippen LogP contribution in [0.4, 0.5) is 0 Å². The standard InChI is InChI=1S/C6H6O2.C6H6O.Na/c7-5-1-2-6(8)4-3-5;7-6-4-2-1-3-5-6;/h1-4,7-8H;1-5,7H;. The summed E-state index contributed by atoms with van der Waals surface area (Å²) in [6.45, 7) is 0. The van der Waals surface area contributed by atoms with Crippen LogP contribution in [0.15, 0.2) is 54.6 Å². The van der Waals surface area contributed by atoms with Gasteiger partial charge in [0.15, 0.2) is 0 Å². The van der Waals surface area contributed by atoms with Crippen LogP contribution in [-0.2, 0) is 0 Å². The molecule has 2 aromatic carbocycles. The van der Waals surface area contributed by atoms with Crippen LogP contribution in [0.2, 0.25) is 0 Å². The predicted octanol–water partition coefficient (Wildman–Crippen LogP) is 2.11. The third kappa shape index (κ3) is 6.35. The van der Waals surface area contributed by atoms with Crippen LogP contribution < -0.4 is 0 Å². The number of phenols is 3. The van der Waals surface area contributed by atoms with E-state index in [0.717, 1.165) is 0 Å². The van der Waals surface area contributed by atoms with E-state index >= 15 is 0 Å². The van der Waals surface area contributed by atoms with Gasteiger partial charge in [0.1, 0.15) is 17.2 Å². The molecule has 0 aliphatic heterocycles. The van der Waals surface area contributed by atoms with Crippen molar-refractivity contribution in [1.82, 2.24) is 0 Å². The molecule has 4 heteroatoms. The first-order valence-corrected chi connectivity index (χ1v) is 4.40. The van der Waals surface area contributed by atoms with Gasteiger partial charge >= 0.3 is 0 Å². The van der Waals surface area contributed by atoms with E-state index in [4.69, 9.17) is 15.3 Å². The summed E-state index contributed by atoms with van der Waals surface area (Å²) < 4.78 is 0. The van der Waals surface area contributed by atoms with E-state index in [2.05, 4.69) is 0 Å². The fourth-order valence-corrected chi connectivity index (χ4v) is 0.881. The number of phenolic OH excluding ortho intramolecular Hbond substituents is 3. The Hall–Kier alpha value is -1.16. The van der Waals surface area contributed by atoms with E-state index < -0.39 is 0 Å². The second-order valence-electron chi connectivity index (χ2n) is 2.85. The van der Waals surface area contributed by atoms with Crippen molar-refractivity contribution < 1.29 is 15.3 Å². The predicted molar refractivity (Wildman–Crippen MR) is 63.6 cm³/mol. The SMILES string of the molecule is Oc1ccc(O)cc1.Oc1ccccc1.[Na]. The van der Waals surface area contributed by atoms with E-state index in [-0.39, 0.29) is 41.1 Å². The third-order valence-electron chi connectivity index (χ3n) is 1.61. The summed E-state index contributed by atoms with van der Waals surface area (Å²) in [5.74, 6) is 0.660. The third-order valence-corrected chi connectivity index (χ3v) is 1.61. The number of rotatable bonds is 0. The van der Waals surface area contributed by atoms with Crippen molar-refractivity contribution in [3.05, 3.63) is 54.6 Å². The largest absolute Gasteiger partial charge is 0.508 e. The van der Waals surface area contributed by atoms with Crippen LogP contribution in [-0.4, -0.2) is 44.9 Å². The molecule has 0 amide bonds. The zero-order chi connectivity index (χ0) is 11.1. The number of para-hydroxylation sites is 1. The second-order valence-corrected chi connectivity index (χ2v) is 2.85. The minimum atomic E-state index is 0. The van der Waals surface area contributed by atoms with Gasteiger partial charge in [-0.1, -0.05) is 18.2 Å². The minimum absolute atomic E-state index is 0. The Kier molecular flexibility index (Phi) is 7.46. The number of benzene rings is 2. The van der Waals surface area contributed by atoms with E-state index in [9.17, 15) is 0 Å². The van der Waals surface area contributed by atoms with Crippen LogP contribution in [0.25, 0.3) is 0 Å². The summed E-state index contributed by atoms with van der Waals surface area (Å²) in [7, 11) is 0. The smallest absolute Gasteiger partial charge is 0.115 e. The van der Waals surface area contributed by atoms with Crippen LogP contribution in [0, 0.1) is 0 Å². The first-order valence-electron chi connectivity index (χ1n) is 4.40. The molecule has 0 aliphatic rings. The molecule has 0 spiro atoms. The summed E-state index contributed by atoms with van der Waals surface area (Å²) in [5, 5.41) is 25.9. The molecule has 0 fully saturated rings. The quantitative estimate of drug-likeness (QED) is 0.477. The Bertz CT molecular complexity index is 366. The van der Waals surface area contributed by atoms with Gasteiger partial charge in [0, 0.05) is 29.6 Å². The van der Waals surface area contributed by atoms with Crippen LogP contribution >= 0.6 is 0 Å². The van der Waals surface area contributed by atoms with Gasteiger partial charge in [-0.2, -0.15) is 0 Å². The van der Waals surface area contributed by atoms with Gasteiger partial charge in [-0.25, -0.2) is 0 Å². The molecular weight excluding hydrogens is 215 g/mol. The first-order chi connectivity index (χ1) is 7.18. The molecule has 0 heterocycles. The van der Waals surface area contributed by atoms with E-state index in [1.54, 1.807) is 24.3 Å². The average molecular weight is 227 g/mol. The molecule has 0 saturated carbocycles. The van der Waals surface area contributed by atoms with Crippen molar-refractivity contribution in [2.45, 2.75) is 0 Å². The Morgan fingerprint density at radius 3 is 1.06 bits per heavy atom. The van der Waals surface area contributed by atoms with Crippen LogP contribution in [0.3, 0.4) is 0 Å². The molecule has 0 atom stereocenters. The maximum Gasteiger partial charge on any atom is 0.115 e. The van der Waals surface area contributed by atoms with Crippen LogP contribution in [0.5, 0.6) is 17.2 Å². The molecule has 16 heavy (non-hydrogen) atoms. The molecular formula is C12H12NaO3. The zero-order valence-corrected chi connectivity index (χ0v) is 11.0. The molecule has 0 bridgehead atoms. The van der Waals surface area contributed by atoms with E-state index in [1.165, 1.54) is 24.3 Å². The molecule has 3 nitrogen and oxygen atoms in total. The molecule has 2 aromatic rings. The summed E-state index contributed by atoms with van der Waals surface area (Å²) in [6.07, 6.45) is 0. The molecule has 1 radical (unpaired) electrons. The average Bonchev–Trinajstić information content (AvgIpc) is 2.25. The van der Waals surface area contributed by atoms with Gasteiger partial charge in [-0.3, -0.25) is 0 Å². The minimum Gasteiger partial charge on any atom is -0.508 e. The number of aromatic hydroxyl groups is 3. The normalized spacial score (nSPS) is 8.25. The number of hydrogen-bond acceptors (Lipinski definition) is 3. The molecule has 2 rings (SSSR count). The number of hydrogen-bond donors (Lipinski definition) is 3. The summed E-state index contributed by atoms with van der Waals surface area (Å²) in [6, 6.07) is 14.4. The monoisotopic (exact) mass is 227 g/mol. The van der Waals surface area contributed by atoms with Gasteiger partial charge in [0.25, 0.3) is 0 Å². The van der Waals surface area contributed by atoms with Crippen molar-refractivity contribution in [3.63, 3.8) is 0 Å². The maximum absolute atomic E-state index is 8.65. The topological polar surface area (TPSA) is 60.7 Å². The molecule has 0 aromatic heterocycles. The Morgan fingerprint density at radius 1 is 0.500 bits per heavy atom. The van der Waals surface area contributed by atoms with Crippen molar-refractivity contribution in [3.8, 4) is 17.2 Å². The summed E-state index contributed by atoms with van der Waals surface area (Å²) >= 11 is 0. The second kappa shape index (κ2) is 8.05. The van der Waals surface area contributed by atoms with Crippen molar-refractivity contribution in [2.75, 3.05) is 0 Å².